The third-order valence-electron chi connectivity index (χ3n) is 2.97. The topological polar surface area (TPSA) is 27.3 Å². The summed E-state index contributed by atoms with van der Waals surface area (Å²) in [6.45, 7) is 25.1. The third kappa shape index (κ3) is 52.1. The second kappa shape index (κ2) is 29.8. The summed E-state index contributed by atoms with van der Waals surface area (Å²) in [5.74, 6) is 1.68. The fourth-order valence-corrected chi connectivity index (χ4v) is 1.23. The van der Waals surface area contributed by atoms with Crippen molar-refractivity contribution in [3.05, 3.63) is 0 Å². The SMILES string of the molecule is CC.CCC(C)C.CCCN(C)CCNC.CCNCC(C)C. The van der Waals surface area contributed by atoms with Crippen LogP contribution in [0.15, 0.2) is 0 Å². The van der Waals surface area contributed by atoms with Gasteiger partial charge in [0, 0.05) is 13.1 Å². The molecule has 3 heteroatoms. The third-order valence-corrected chi connectivity index (χ3v) is 2.97. The van der Waals surface area contributed by atoms with Gasteiger partial charge in [0.05, 0.1) is 0 Å². The number of hydrogen-bond donors (Lipinski definition) is 2. The summed E-state index contributed by atoms with van der Waals surface area (Å²) in [4.78, 5) is 2.33. The molecule has 3 nitrogen and oxygen atoms in total. The average molecular weight is 334 g/mol. The summed E-state index contributed by atoms with van der Waals surface area (Å²) in [5.41, 5.74) is 0. The highest BCUT2D eigenvalue weighted by Crippen LogP contribution is 1.93. The van der Waals surface area contributed by atoms with Gasteiger partial charge in [-0.3, -0.25) is 0 Å². The van der Waals surface area contributed by atoms with Crippen LogP contribution in [0.4, 0.5) is 0 Å². The predicted octanol–water partition coefficient (Wildman–Crippen LogP) is 4.88. The van der Waals surface area contributed by atoms with Gasteiger partial charge in [-0.2, -0.15) is 0 Å². The van der Waals surface area contributed by atoms with Crippen LogP contribution >= 0.6 is 0 Å². The van der Waals surface area contributed by atoms with Crippen LogP contribution in [-0.2, 0) is 0 Å². The highest BCUT2D eigenvalue weighted by Gasteiger charge is 1.92. The molecule has 0 atom stereocenters. The van der Waals surface area contributed by atoms with Crippen molar-refractivity contribution >= 4 is 0 Å². The maximum absolute atomic E-state index is 3.25. The average Bonchev–Trinajstić information content (AvgIpc) is 2.54. The fourth-order valence-electron chi connectivity index (χ4n) is 1.23. The summed E-state index contributed by atoms with van der Waals surface area (Å²) in [5, 5.41) is 6.36. The molecular formula is C20H51N3. The minimum absolute atomic E-state index is 0.792. The summed E-state index contributed by atoms with van der Waals surface area (Å²) in [6.07, 6.45) is 2.56. The minimum Gasteiger partial charge on any atom is -0.318 e. The van der Waals surface area contributed by atoms with Crippen molar-refractivity contribution in [1.29, 1.82) is 0 Å². The van der Waals surface area contributed by atoms with E-state index in [0.29, 0.717) is 0 Å². The van der Waals surface area contributed by atoms with E-state index in [0.717, 1.165) is 38.0 Å². The first-order valence-electron chi connectivity index (χ1n) is 9.89. The van der Waals surface area contributed by atoms with Crippen molar-refractivity contribution in [2.24, 2.45) is 11.8 Å². The Morgan fingerprint density at radius 3 is 1.57 bits per heavy atom. The lowest BCUT2D eigenvalue weighted by atomic mass is 10.2. The lowest BCUT2D eigenvalue weighted by Crippen LogP contribution is -2.27. The molecule has 0 rings (SSSR count). The highest BCUT2D eigenvalue weighted by molar-refractivity contribution is 4.50. The van der Waals surface area contributed by atoms with E-state index in [4.69, 9.17) is 0 Å². The van der Waals surface area contributed by atoms with Gasteiger partial charge in [-0.1, -0.05) is 68.7 Å². The Morgan fingerprint density at radius 1 is 0.870 bits per heavy atom. The summed E-state index contributed by atoms with van der Waals surface area (Å²) in [6, 6.07) is 0. The Balaban J connectivity index is -0.000000116. The first-order chi connectivity index (χ1) is 10.8. The van der Waals surface area contributed by atoms with Crippen molar-refractivity contribution in [2.75, 3.05) is 46.8 Å². The molecule has 0 bridgehead atoms. The van der Waals surface area contributed by atoms with Crippen LogP contribution in [-0.4, -0.2) is 51.7 Å². The standard InChI is InChI=1S/C7H18N2.C6H15N.C5H12.C2H6/c1-4-6-9(3)7-5-8-2;1-4-7-5-6(2)3;1-4-5(2)3;1-2/h8H,4-7H2,1-3H3;6-7H,4-5H2,1-3H3;5H,4H2,1-3H3;1-2H3. The zero-order valence-electron chi connectivity index (χ0n) is 18.6. The maximum Gasteiger partial charge on any atom is 0.0104 e. The molecule has 0 fully saturated rings. The molecule has 0 aliphatic heterocycles. The predicted molar refractivity (Wildman–Crippen MR) is 112 cm³/mol. The number of rotatable bonds is 9. The van der Waals surface area contributed by atoms with Crippen LogP contribution in [0.1, 0.15) is 75.2 Å². The van der Waals surface area contributed by atoms with Gasteiger partial charge < -0.3 is 15.5 Å². The van der Waals surface area contributed by atoms with Gasteiger partial charge in [-0.15, -0.1) is 0 Å². The van der Waals surface area contributed by atoms with Crippen LogP contribution in [0, 0.1) is 11.8 Å². The largest absolute Gasteiger partial charge is 0.318 e. The highest BCUT2D eigenvalue weighted by atomic mass is 15.1. The molecule has 2 N–H and O–H groups in total. The van der Waals surface area contributed by atoms with E-state index in [1.807, 2.05) is 20.9 Å². The van der Waals surface area contributed by atoms with Gasteiger partial charge in [-0.25, -0.2) is 0 Å². The molecule has 0 aliphatic carbocycles. The molecule has 23 heavy (non-hydrogen) atoms. The molecule has 0 unspecified atom stereocenters. The first kappa shape index (κ1) is 30.7. The number of nitrogens with zero attached hydrogens (tertiary/aromatic N) is 1. The van der Waals surface area contributed by atoms with E-state index in [-0.39, 0.29) is 0 Å². The number of hydrogen-bond acceptors (Lipinski definition) is 3. The fraction of sp³-hybridized carbons (Fsp3) is 1.00. The maximum atomic E-state index is 3.25. The van der Waals surface area contributed by atoms with E-state index in [1.165, 1.54) is 19.4 Å². The van der Waals surface area contributed by atoms with Crippen LogP contribution in [0.2, 0.25) is 0 Å². The quantitative estimate of drug-likeness (QED) is 0.630. The zero-order valence-corrected chi connectivity index (χ0v) is 18.6. The van der Waals surface area contributed by atoms with Gasteiger partial charge >= 0.3 is 0 Å². The molecule has 0 aliphatic rings. The van der Waals surface area contributed by atoms with Crippen molar-refractivity contribution in [1.82, 2.24) is 15.5 Å². The van der Waals surface area contributed by atoms with Crippen LogP contribution < -0.4 is 10.6 Å². The normalized spacial score (nSPS) is 9.65. The van der Waals surface area contributed by atoms with Gasteiger partial charge in [0.15, 0.2) is 0 Å². The smallest absolute Gasteiger partial charge is 0.0104 e. The summed E-state index contributed by atoms with van der Waals surface area (Å²) in [7, 11) is 4.14. The van der Waals surface area contributed by atoms with Crippen molar-refractivity contribution in [2.45, 2.75) is 75.2 Å². The molecule has 0 saturated carbocycles. The second-order valence-corrected chi connectivity index (χ2v) is 6.41. The van der Waals surface area contributed by atoms with E-state index >= 15 is 0 Å². The Hall–Kier alpha value is -0.120. The van der Waals surface area contributed by atoms with Crippen molar-refractivity contribution in [3.63, 3.8) is 0 Å². The van der Waals surface area contributed by atoms with Gasteiger partial charge in [-0.05, 0) is 52.0 Å². The molecule has 0 aromatic heterocycles. The molecule has 0 spiro atoms. The van der Waals surface area contributed by atoms with Crippen molar-refractivity contribution < 1.29 is 0 Å². The Morgan fingerprint density at radius 2 is 1.35 bits per heavy atom. The molecule has 0 aromatic rings. The van der Waals surface area contributed by atoms with Gasteiger partial charge in [0.2, 0.25) is 0 Å². The lowest BCUT2D eigenvalue weighted by Gasteiger charge is -2.13. The first-order valence-corrected chi connectivity index (χ1v) is 9.89. The molecular weight excluding hydrogens is 282 g/mol. The second-order valence-electron chi connectivity index (χ2n) is 6.41. The minimum atomic E-state index is 0.792. The van der Waals surface area contributed by atoms with Crippen LogP contribution in [0.3, 0.4) is 0 Å². The van der Waals surface area contributed by atoms with Crippen LogP contribution in [0.5, 0.6) is 0 Å². The van der Waals surface area contributed by atoms with Crippen molar-refractivity contribution in [3.8, 4) is 0 Å². The zero-order chi connectivity index (χ0) is 19.1. The number of likely N-dealkylation sites (N-methyl/N-ethyl adjacent to an activating group) is 2. The van der Waals surface area contributed by atoms with E-state index in [1.54, 1.807) is 0 Å². The van der Waals surface area contributed by atoms with Gasteiger partial charge in [0.25, 0.3) is 0 Å². The summed E-state index contributed by atoms with van der Waals surface area (Å²) >= 11 is 0. The van der Waals surface area contributed by atoms with Gasteiger partial charge in [0.1, 0.15) is 0 Å². The Bertz CT molecular complexity index is 159. The monoisotopic (exact) mass is 333 g/mol. The Kier molecular flexibility index (Phi) is 39.9. The molecule has 0 radical (unpaired) electrons. The Labute approximate surface area is 150 Å². The van der Waals surface area contributed by atoms with Crippen LogP contribution in [0.25, 0.3) is 0 Å². The molecule has 0 saturated heterocycles. The molecule has 0 amide bonds. The number of nitrogens with one attached hydrogen (secondary N) is 2. The molecule has 0 aromatic carbocycles. The molecule has 146 valence electrons. The summed E-state index contributed by atoms with van der Waals surface area (Å²) < 4.78 is 0. The lowest BCUT2D eigenvalue weighted by molar-refractivity contribution is 0.336. The molecule has 0 heterocycles. The van der Waals surface area contributed by atoms with E-state index < -0.39 is 0 Å². The van der Waals surface area contributed by atoms with E-state index in [2.05, 4.69) is 71.0 Å². The van der Waals surface area contributed by atoms with E-state index in [9.17, 15) is 0 Å².